The Labute approximate surface area is 134 Å². The van der Waals surface area contributed by atoms with Crippen LogP contribution in [0.3, 0.4) is 0 Å². The van der Waals surface area contributed by atoms with Crippen LogP contribution in [0.2, 0.25) is 0 Å². The molecule has 0 aromatic heterocycles. The lowest BCUT2D eigenvalue weighted by Crippen LogP contribution is -2.36. The molecule has 1 atom stereocenters. The predicted molar refractivity (Wildman–Crippen MR) is 90.4 cm³/mol. The highest BCUT2D eigenvalue weighted by atomic mass is 79.9. The molecule has 0 bridgehead atoms. The predicted octanol–water partition coefficient (Wildman–Crippen LogP) is 5.95. The number of alkyl halides is 1. The van der Waals surface area contributed by atoms with Crippen LogP contribution in [0.15, 0.2) is 0 Å². The van der Waals surface area contributed by atoms with Gasteiger partial charge in [0.2, 0.25) is 0 Å². The van der Waals surface area contributed by atoms with Gasteiger partial charge in [0.25, 0.3) is 0 Å². The molecule has 2 heteroatoms. The Morgan fingerprint density at radius 1 is 1.05 bits per heavy atom. The standard InChI is InChI=1S/C18H33BrO/c1-16(2,3)14-6-10-18(13-19,11-7-14)12-15-8-9-17(4,5)20-15/h14-15H,6-13H2,1-5H3. The van der Waals surface area contributed by atoms with Crippen molar-refractivity contribution in [3.8, 4) is 0 Å². The summed E-state index contributed by atoms with van der Waals surface area (Å²) >= 11 is 3.82. The number of halogens is 1. The number of ether oxygens (including phenoxy) is 1. The summed E-state index contributed by atoms with van der Waals surface area (Å²) in [5.41, 5.74) is 1.08. The maximum atomic E-state index is 6.25. The van der Waals surface area contributed by atoms with E-state index >= 15 is 0 Å². The fourth-order valence-corrected chi connectivity index (χ4v) is 4.98. The van der Waals surface area contributed by atoms with Gasteiger partial charge < -0.3 is 4.74 Å². The summed E-state index contributed by atoms with van der Waals surface area (Å²) in [6, 6.07) is 0. The molecular formula is C18H33BrO. The first kappa shape index (κ1) is 16.8. The van der Waals surface area contributed by atoms with Crippen LogP contribution in [0, 0.1) is 16.7 Å². The summed E-state index contributed by atoms with van der Waals surface area (Å²) in [6.07, 6.45) is 9.77. The van der Waals surface area contributed by atoms with Gasteiger partial charge in [-0.05, 0) is 75.5 Å². The second-order valence-electron chi connectivity index (χ2n) is 9.02. The molecule has 1 nitrogen and oxygen atoms in total. The Balaban J connectivity index is 1.92. The minimum Gasteiger partial charge on any atom is -0.372 e. The second kappa shape index (κ2) is 5.91. The van der Waals surface area contributed by atoms with Crippen LogP contribution in [0.1, 0.15) is 79.6 Å². The second-order valence-corrected chi connectivity index (χ2v) is 9.58. The smallest absolute Gasteiger partial charge is 0.0631 e. The van der Waals surface area contributed by atoms with Crippen LogP contribution in [-0.2, 0) is 4.74 Å². The van der Waals surface area contributed by atoms with E-state index in [4.69, 9.17) is 4.74 Å². The van der Waals surface area contributed by atoms with Gasteiger partial charge in [-0.25, -0.2) is 0 Å². The molecule has 2 fully saturated rings. The maximum absolute atomic E-state index is 6.25. The third-order valence-electron chi connectivity index (χ3n) is 5.77. The van der Waals surface area contributed by atoms with E-state index in [0.29, 0.717) is 16.9 Å². The van der Waals surface area contributed by atoms with E-state index in [1.807, 2.05) is 0 Å². The van der Waals surface area contributed by atoms with Gasteiger partial charge in [-0.15, -0.1) is 0 Å². The van der Waals surface area contributed by atoms with Gasteiger partial charge in [-0.1, -0.05) is 36.7 Å². The van der Waals surface area contributed by atoms with Gasteiger partial charge in [0, 0.05) is 5.33 Å². The Hall–Kier alpha value is 0.440. The van der Waals surface area contributed by atoms with E-state index in [1.165, 1.54) is 44.9 Å². The molecule has 1 saturated carbocycles. The van der Waals surface area contributed by atoms with Crippen molar-refractivity contribution >= 4 is 15.9 Å². The molecule has 2 rings (SSSR count). The van der Waals surface area contributed by atoms with Crippen LogP contribution < -0.4 is 0 Å². The van der Waals surface area contributed by atoms with Crippen molar-refractivity contribution in [3.63, 3.8) is 0 Å². The van der Waals surface area contributed by atoms with Crippen LogP contribution >= 0.6 is 15.9 Å². The van der Waals surface area contributed by atoms with E-state index in [1.54, 1.807) is 0 Å². The van der Waals surface area contributed by atoms with E-state index in [-0.39, 0.29) is 5.60 Å². The molecule has 1 unspecified atom stereocenters. The fraction of sp³-hybridized carbons (Fsp3) is 1.00. The summed E-state index contributed by atoms with van der Waals surface area (Å²) in [5, 5.41) is 1.15. The zero-order valence-corrected chi connectivity index (χ0v) is 15.7. The van der Waals surface area contributed by atoms with Crippen LogP contribution in [0.4, 0.5) is 0 Å². The van der Waals surface area contributed by atoms with E-state index in [9.17, 15) is 0 Å². The third kappa shape index (κ3) is 4.00. The first-order chi connectivity index (χ1) is 9.16. The molecule has 1 heterocycles. The Morgan fingerprint density at radius 2 is 1.65 bits per heavy atom. The zero-order chi connectivity index (χ0) is 15.0. The van der Waals surface area contributed by atoms with Crippen LogP contribution in [0.5, 0.6) is 0 Å². The molecule has 1 aliphatic carbocycles. The summed E-state index contributed by atoms with van der Waals surface area (Å²) in [6.45, 7) is 11.7. The maximum Gasteiger partial charge on any atom is 0.0631 e. The van der Waals surface area contributed by atoms with Crippen molar-refractivity contribution in [1.29, 1.82) is 0 Å². The van der Waals surface area contributed by atoms with Crippen molar-refractivity contribution in [2.24, 2.45) is 16.7 Å². The van der Waals surface area contributed by atoms with Crippen molar-refractivity contribution in [2.45, 2.75) is 91.3 Å². The fourth-order valence-electron chi connectivity index (χ4n) is 4.19. The summed E-state index contributed by atoms with van der Waals surface area (Å²) < 4.78 is 6.25. The molecule has 118 valence electrons. The van der Waals surface area contributed by atoms with Gasteiger partial charge in [0.05, 0.1) is 11.7 Å². The van der Waals surface area contributed by atoms with Gasteiger partial charge in [-0.3, -0.25) is 0 Å². The van der Waals surface area contributed by atoms with Gasteiger partial charge in [0.1, 0.15) is 0 Å². The first-order valence-corrected chi connectivity index (χ1v) is 9.52. The quantitative estimate of drug-likeness (QED) is 0.574. The van der Waals surface area contributed by atoms with Crippen molar-refractivity contribution in [1.82, 2.24) is 0 Å². The number of hydrogen-bond acceptors (Lipinski definition) is 1. The molecule has 0 aromatic carbocycles. The molecular weight excluding hydrogens is 312 g/mol. The largest absolute Gasteiger partial charge is 0.372 e. The zero-order valence-electron chi connectivity index (χ0n) is 14.1. The Bertz CT molecular complexity index is 321. The Morgan fingerprint density at radius 3 is 2.05 bits per heavy atom. The normalized spacial score (nSPS) is 38.1. The van der Waals surface area contributed by atoms with Crippen molar-refractivity contribution in [3.05, 3.63) is 0 Å². The van der Waals surface area contributed by atoms with E-state index in [0.717, 1.165) is 11.2 Å². The highest BCUT2D eigenvalue weighted by Gasteiger charge is 2.42. The average Bonchev–Trinajstić information content (AvgIpc) is 2.68. The minimum atomic E-state index is 0.112. The molecule has 0 spiro atoms. The van der Waals surface area contributed by atoms with E-state index in [2.05, 4.69) is 50.5 Å². The van der Waals surface area contributed by atoms with Crippen molar-refractivity contribution in [2.75, 3.05) is 5.33 Å². The molecule has 20 heavy (non-hydrogen) atoms. The molecule has 0 N–H and O–H groups in total. The number of hydrogen-bond donors (Lipinski definition) is 0. The topological polar surface area (TPSA) is 9.23 Å². The Kier molecular flexibility index (Phi) is 4.97. The lowest BCUT2D eigenvalue weighted by molar-refractivity contribution is -0.0415. The third-order valence-corrected chi connectivity index (χ3v) is 6.96. The first-order valence-electron chi connectivity index (χ1n) is 8.40. The van der Waals surface area contributed by atoms with Gasteiger partial charge in [0.15, 0.2) is 0 Å². The van der Waals surface area contributed by atoms with Gasteiger partial charge >= 0.3 is 0 Å². The van der Waals surface area contributed by atoms with Crippen LogP contribution in [0.25, 0.3) is 0 Å². The molecule has 0 aromatic rings. The summed E-state index contributed by atoms with van der Waals surface area (Å²) in [5.74, 6) is 0.899. The highest BCUT2D eigenvalue weighted by molar-refractivity contribution is 9.09. The molecule has 0 amide bonds. The number of rotatable bonds is 3. The lowest BCUT2D eigenvalue weighted by atomic mass is 9.63. The molecule has 2 aliphatic rings. The molecule has 0 radical (unpaired) electrons. The summed E-state index contributed by atoms with van der Waals surface area (Å²) in [4.78, 5) is 0. The van der Waals surface area contributed by atoms with Crippen LogP contribution in [-0.4, -0.2) is 17.0 Å². The minimum absolute atomic E-state index is 0.112. The summed E-state index contributed by atoms with van der Waals surface area (Å²) in [7, 11) is 0. The van der Waals surface area contributed by atoms with Gasteiger partial charge in [-0.2, -0.15) is 0 Å². The van der Waals surface area contributed by atoms with Crippen molar-refractivity contribution < 1.29 is 4.74 Å². The molecule has 1 saturated heterocycles. The van der Waals surface area contributed by atoms with E-state index < -0.39 is 0 Å². The average molecular weight is 345 g/mol. The molecule has 1 aliphatic heterocycles. The highest BCUT2D eigenvalue weighted by Crippen LogP contribution is 2.50. The monoisotopic (exact) mass is 344 g/mol. The lowest BCUT2D eigenvalue weighted by Gasteiger charge is -2.44. The SMILES string of the molecule is CC1(C)CCC(CC2(CBr)CCC(C(C)(C)C)CC2)O1.